The second-order valence-corrected chi connectivity index (χ2v) is 7.16. The average Bonchev–Trinajstić information content (AvgIpc) is 2.54. The van der Waals surface area contributed by atoms with Crippen LogP contribution in [0.15, 0.2) is 29.3 Å². The van der Waals surface area contributed by atoms with Crippen LogP contribution in [0.3, 0.4) is 0 Å². The van der Waals surface area contributed by atoms with Gasteiger partial charge < -0.3 is 15.4 Å². The van der Waals surface area contributed by atoms with E-state index >= 15 is 0 Å². The predicted molar refractivity (Wildman–Crippen MR) is 97.6 cm³/mol. The third kappa shape index (κ3) is 6.71. The predicted octanol–water partition coefficient (Wildman–Crippen LogP) is 3.03. The monoisotopic (exact) mass is 323 g/mol. The molecule has 1 aromatic carbocycles. The normalized spacial score (nSPS) is 12.3. The summed E-state index contributed by atoms with van der Waals surface area (Å²) in [6.45, 7) is 9.44. The Morgan fingerprint density at radius 3 is 2.50 bits per heavy atom. The Kier molecular flexibility index (Phi) is 8.35. The highest BCUT2D eigenvalue weighted by Crippen LogP contribution is 2.19. The van der Waals surface area contributed by atoms with Crippen LogP contribution in [0.2, 0.25) is 0 Å². The quantitative estimate of drug-likeness (QED) is 0.570. The lowest BCUT2D eigenvalue weighted by molar-refractivity contribution is 0.133. The van der Waals surface area contributed by atoms with Crippen LogP contribution < -0.4 is 10.6 Å². The van der Waals surface area contributed by atoms with Crippen LogP contribution in [-0.2, 0) is 17.9 Å². The summed E-state index contributed by atoms with van der Waals surface area (Å²) in [6.07, 6.45) is 2.13. The molecule has 0 saturated carbocycles. The molecule has 5 heteroatoms. The summed E-state index contributed by atoms with van der Waals surface area (Å²) in [4.78, 5) is 4.29. The maximum Gasteiger partial charge on any atom is 0.191 e. The van der Waals surface area contributed by atoms with Gasteiger partial charge in [0.25, 0.3) is 0 Å². The molecule has 1 aromatic rings. The van der Waals surface area contributed by atoms with Crippen LogP contribution in [0.4, 0.5) is 0 Å². The van der Waals surface area contributed by atoms with Crippen molar-refractivity contribution in [3.05, 3.63) is 35.4 Å². The van der Waals surface area contributed by atoms with Crippen LogP contribution in [0.25, 0.3) is 0 Å². The second kappa shape index (κ2) is 9.74. The van der Waals surface area contributed by atoms with E-state index in [1.807, 2.05) is 24.8 Å². The number of nitrogens with zero attached hydrogens (tertiary/aromatic N) is 1. The molecule has 2 N–H and O–H groups in total. The summed E-state index contributed by atoms with van der Waals surface area (Å²) in [7, 11) is 1.80. The highest BCUT2D eigenvalue weighted by atomic mass is 32.2. The lowest BCUT2D eigenvalue weighted by atomic mass is 10.1. The summed E-state index contributed by atoms with van der Waals surface area (Å²) in [5, 5.41) is 6.75. The summed E-state index contributed by atoms with van der Waals surface area (Å²) >= 11 is 1.84. The fourth-order valence-corrected chi connectivity index (χ4v) is 2.07. The van der Waals surface area contributed by atoms with Crippen molar-refractivity contribution in [3.8, 4) is 0 Å². The molecule has 0 spiro atoms. The first kappa shape index (κ1) is 18.8. The van der Waals surface area contributed by atoms with Gasteiger partial charge in [0, 0.05) is 31.5 Å². The minimum absolute atomic E-state index is 0.185. The molecular formula is C17H29N3OS. The lowest BCUT2D eigenvalue weighted by Gasteiger charge is -2.24. The molecule has 0 unspecified atom stereocenters. The highest BCUT2D eigenvalue weighted by molar-refractivity contribution is 7.99. The Balaban J connectivity index is 2.56. The molecular weight excluding hydrogens is 294 g/mol. The average molecular weight is 324 g/mol. The van der Waals surface area contributed by atoms with Crippen molar-refractivity contribution >= 4 is 17.7 Å². The molecule has 22 heavy (non-hydrogen) atoms. The summed E-state index contributed by atoms with van der Waals surface area (Å²) in [6, 6.07) is 8.34. The topological polar surface area (TPSA) is 45.6 Å². The van der Waals surface area contributed by atoms with Crippen molar-refractivity contribution < 1.29 is 4.74 Å². The van der Waals surface area contributed by atoms with E-state index in [9.17, 15) is 0 Å². The number of guanidine groups is 1. The van der Waals surface area contributed by atoms with Gasteiger partial charge in [-0.1, -0.05) is 24.3 Å². The van der Waals surface area contributed by atoms with Gasteiger partial charge in [-0.3, -0.25) is 4.99 Å². The fourth-order valence-electron chi connectivity index (χ4n) is 1.85. The van der Waals surface area contributed by atoms with Gasteiger partial charge in [-0.05, 0) is 38.2 Å². The van der Waals surface area contributed by atoms with Crippen LogP contribution in [0.5, 0.6) is 0 Å². The van der Waals surface area contributed by atoms with Gasteiger partial charge in [-0.2, -0.15) is 11.8 Å². The van der Waals surface area contributed by atoms with Gasteiger partial charge in [-0.15, -0.1) is 0 Å². The van der Waals surface area contributed by atoms with E-state index in [0.717, 1.165) is 25.7 Å². The number of ether oxygens (including phenoxy) is 1. The Labute approximate surface area is 139 Å². The van der Waals surface area contributed by atoms with Gasteiger partial charge >= 0.3 is 0 Å². The third-order valence-corrected chi connectivity index (χ3v) is 4.73. The Bertz CT molecular complexity index is 475. The molecule has 1 rings (SSSR count). The maximum atomic E-state index is 5.52. The van der Waals surface area contributed by atoms with E-state index in [1.165, 1.54) is 11.1 Å². The van der Waals surface area contributed by atoms with Gasteiger partial charge in [0.1, 0.15) is 0 Å². The standard InChI is InChI=1S/C17H29N3OS/c1-6-21-12-15-10-8-7-9-14(15)11-19-16(18-4)20-13-17(2,3)22-5/h7-10H,6,11-13H2,1-5H3,(H2,18,19,20). The molecule has 0 aliphatic rings. The van der Waals surface area contributed by atoms with Crippen molar-refractivity contribution in [2.45, 2.75) is 38.7 Å². The molecule has 0 fully saturated rings. The number of hydrogen-bond acceptors (Lipinski definition) is 3. The van der Waals surface area contributed by atoms with Crippen LogP contribution in [0, 0.1) is 0 Å². The largest absolute Gasteiger partial charge is 0.377 e. The SMILES string of the molecule is CCOCc1ccccc1CNC(=NC)NCC(C)(C)SC. The Morgan fingerprint density at radius 1 is 1.23 bits per heavy atom. The van der Waals surface area contributed by atoms with Gasteiger partial charge in [-0.25, -0.2) is 0 Å². The lowest BCUT2D eigenvalue weighted by Crippen LogP contribution is -2.43. The highest BCUT2D eigenvalue weighted by Gasteiger charge is 2.16. The first-order chi connectivity index (χ1) is 10.5. The number of hydrogen-bond donors (Lipinski definition) is 2. The molecule has 0 aliphatic carbocycles. The summed E-state index contributed by atoms with van der Waals surface area (Å²) in [5.74, 6) is 0.827. The molecule has 124 valence electrons. The van der Waals surface area contributed by atoms with Crippen molar-refractivity contribution in [1.29, 1.82) is 0 Å². The zero-order valence-electron chi connectivity index (χ0n) is 14.4. The molecule has 0 aromatic heterocycles. The van der Waals surface area contributed by atoms with Gasteiger partial charge in [0.15, 0.2) is 5.96 Å². The molecule has 0 amide bonds. The Hall–Kier alpha value is -1.20. The third-order valence-electron chi connectivity index (χ3n) is 3.48. The summed E-state index contributed by atoms with van der Waals surface area (Å²) < 4.78 is 5.71. The zero-order chi connectivity index (χ0) is 16.4. The van der Waals surface area contributed by atoms with Crippen LogP contribution in [0.1, 0.15) is 31.9 Å². The fraction of sp³-hybridized carbons (Fsp3) is 0.588. The van der Waals surface area contributed by atoms with Gasteiger partial charge in [0.05, 0.1) is 6.61 Å². The van der Waals surface area contributed by atoms with E-state index in [0.29, 0.717) is 6.61 Å². The van der Waals surface area contributed by atoms with Crippen molar-refractivity contribution in [1.82, 2.24) is 10.6 Å². The minimum Gasteiger partial charge on any atom is -0.377 e. The smallest absolute Gasteiger partial charge is 0.191 e. The first-order valence-electron chi connectivity index (χ1n) is 7.66. The number of benzene rings is 1. The number of nitrogens with one attached hydrogen (secondary N) is 2. The van der Waals surface area contributed by atoms with E-state index in [1.54, 1.807) is 7.05 Å². The van der Waals surface area contributed by atoms with Crippen molar-refractivity contribution in [2.75, 3.05) is 26.5 Å². The van der Waals surface area contributed by atoms with E-state index < -0.39 is 0 Å². The molecule has 0 heterocycles. The number of rotatable bonds is 8. The maximum absolute atomic E-state index is 5.52. The van der Waals surface area contributed by atoms with Crippen molar-refractivity contribution in [2.24, 2.45) is 4.99 Å². The van der Waals surface area contributed by atoms with Crippen molar-refractivity contribution in [3.63, 3.8) is 0 Å². The summed E-state index contributed by atoms with van der Waals surface area (Å²) in [5.41, 5.74) is 2.46. The molecule has 0 bridgehead atoms. The molecule has 4 nitrogen and oxygen atoms in total. The van der Waals surface area contributed by atoms with E-state index in [4.69, 9.17) is 4.74 Å². The van der Waals surface area contributed by atoms with E-state index in [-0.39, 0.29) is 4.75 Å². The molecule has 0 saturated heterocycles. The zero-order valence-corrected chi connectivity index (χ0v) is 15.2. The molecule has 0 atom stereocenters. The van der Waals surface area contributed by atoms with E-state index in [2.05, 4.69) is 53.9 Å². The number of thioether (sulfide) groups is 1. The Morgan fingerprint density at radius 2 is 1.91 bits per heavy atom. The first-order valence-corrected chi connectivity index (χ1v) is 8.89. The molecule has 0 aliphatic heterocycles. The second-order valence-electron chi connectivity index (χ2n) is 5.65. The number of aliphatic imine (C=N–C) groups is 1. The van der Waals surface area contributed by atoms with Gasteiger partial charge in [0.2, 0.25) is 0 Å². The van der Waals surface area contributed by atoms with Crippen LogP contribution >= 0.6 is 11.8 Å². The van der Waals surface area contributed by atoms with Crippen LogP contribution in [-0.4, -0.2) is 37.2 Å². The minimum atomic E-state index is 0.185. The molecule has 0 radical (unpaired) electrons.